The van der Waals surface area contributed by atoms with Crippen molar-refractivity contribution in [2.75, 3.05) is 20.2 Å². The van der Waals surface area contributed by atoms with E-state index < -0.39 is 0 Å². The van der Waals surface area contributed by atoms with E-state index in [9.17, 15) is 5.11 Å². The van der Waals surface area contributed by atoms with Gasteiger partial charge in [0.2, 0.25) is 0 Å². The Balaban J connectivity index is 2.24. The zero-order valence-electron chi connectivity index (χ0n) is 7.29. The Morgan fingerprint density at radius 1 is 1.45 bits per heavy atom. The molecule has 0 aliphatic carbocycles. The van der Waals surface area contributed by atoms with Gasteiger partial charge in [-0.25, -0.2) is 0 Å². The molecule has 3 nitrogen and oxygen atoms in total. The summed E-state index contributed by atoms with van der Waals surface area (Å²) in [6.07, 6.45) is 2.20. The molecule has 0 aromatic heterocycles. The van der Waals surface area contributed by atoms with Crippen LogP contribution in [0.5, 0.6) is 0 Å². The van der Waals surface area contributed by atoms with E-state index in [4.69, 9.17) is 4.74 Å². The highest BCUT2D eigenvalue weighted by molar-refractivity contribution is 4.72. The van der Waals surface area contributed by atoms with Gasteiger partial charge >= 0.3 is 0 Å². The van der Waals surface area contributed by atoms with Gasteiger partial charge in [-0.2, -0.15) is 0 Å². The van der Waals surface area contributed by atoms with Crippen molar-refractivity contribution in [3.63, 3.8) is 0 Å². The molecule has 1 heterocycles. The average molecular weight is 159 g/mol. The van der Waals surface area contributed by atoms with E-state index in [0.29, 0.717) is 6.10 Å². The van der Waals surface area contributed by atoms with Crippen molar-refractivity contribution in [2.24, 2.45) is 0 Å². The number of nitrogens with zero attached hydrogens (tertiary/aromatic N) is 1. The van der Waals surface area contributed by atoms with Crippen LogP contribution in [0.3, 0.4) is 0 Å². The average Bonchev–Trinajstić information content (AvgIpc) is 2.05. The first-order valence-electron chi connectivity index (χ1n) is 4.19. The number of hydrogen-bond acceptors (Lipinski definition) is 3. The Hall–Kier alpha value is -0.120. The monoisotopic (exact) mass is 159 g/mol. The molecule has 1 unspecified atom stereocenters. The normalized spacial score (nSPS) is 25.4. The van der Waals surface area contributed by atoms with Crippen LogP contribution >= 0.6 is 0 Å². The molecule has 0 radical (unpaired) electrons. The number of hydrogen-bond donors (Lipinski definition) is 1. The summed E-state index contributed by atoms with van der Waals surface area (Å²) in [5.74, 6) is 0. The van der Waals surface area contributed by atoms with Gasteiger partial charge < -0.3 is 9.84 Å². The van der Waals surface area contributed by atoms with Crippen LogP contribution in [-0.4, -0.2) is 42.5 Å². The number of piperidine rings is 1. The molecular weight excluding hydrogens is 142 g/mol. The summed E-state index contributed by atoms with van der Waals surface area (Å²) in [6, 6.07) is 0. The predicted octanol–water partition coefficient (Wildman–Crippen LogP) is 0.435. The van der Waals surface area contributed by atoms with Crippen molar-refractivity contribution in [1.29, 1.82) is 0 Å². The number of aliphatic hydroxyl groups is 1. The van der Waals surface area contributed by atoms with Gasteiger partial charge in [-0.05, 0) is 19.8 Å². The van der Waals surface area contributed by atoms with Crippen LogP contribution < -0.4 is 0 Å². The van der Waals surface area contributed by atoms with E-state index in [2.05, 4.69) is 4.90 Å². The van der Waals surface area contributed by atoms with Crippen LogP contribution in [0.1, 0.15) is 19.8 Å². The summed E-state index contributed by atoms with van der Waals surface area (Å²) >= 11 is 0. The van der Waals surface area contributed by atoms with Gasteiger partial charge in [0.1, 0.15) is 6.23 Å². The zero-order valence-corrected chi connectivity index (χ0v) is 7.29. The number of likely N-dealkylation sites (tertiary alicyclic amines) is 1. The van der Waals surface area contributed by atoms with Gasteiger partial charge in [0.05, 0.1) is 6.10 Å². The van der Waals surface area contributed by atoms with Crippen LogP contribution in [0, 0.1) is 0 Å². The smallest absolute Gasteiger partial charge is 0.104 e. The first kappa shape index (κ1) is 8.97. The molecule has 1 rings (SSSR count). The van der Waals surface area contributed by atoms with E-state index in [1.54, 1.807) is 7.11 Å². The van der Waals surface area contributed by atoms with E-state index in [1.807, 2.05) is 6.92 Å². The minimum absolute atomic E-state index is 0.298. The molecule has 0 spiro atoms. The lowest BCUT2D eigenvalue weighted by atomic mass is 10.1. The Morgan fingerprint density at radius 2 is 2.00 bits per heavy atom. The molecule has 3 heteroatoms. The molecular formula is C8H17NO2. The van der Waals surface area contributed by atoms with Crippen molar-refractivity contribution in [2.45, 2.75) is 32.1 Å². The van der Waals surface area contributed by atoms with Gasteiger partial charge in [-0.15, -0.1) is 0 Å². The number of rotatable bonds is 2. The van der Waals surface area contributed by atoms with Crippen LogP contribution in [0.4, 0.5) is 0 Å². The predicted molar refractivity (Wildman–Crippen MR) is 43.3 cm³/mol. The van der Waals surface area contributed by atoms with Crippen molar-refractivity contribution in [3.8, 4) is 0 Å². The highest BCUT2D eigenvalue weighted by Gasteiger charge is 2.20. The number of ether oxygens (including phenoxy) is 1. The third-order valence-electron chi connectivity index (χ3n) is 2.34. The molecule has 0 bridgehead atoms. The largest absolute Gasteiger partial charge is 0.381 e. The zero-order chi connectivity index (χ0) is 8.27. The second kappa shape index (κ2) is 4.04. The van der Waals surface area contributed by atoms with Crippen LogP contribution in [0.25, 0.3) is 0 Å². The van der Waals surface area contributed by atoms with Crippen molar-refractivity contribution < 1.29 is 9.84 Å². The van der Waals surface area contributed by atoms with E-state index in [0.717, 1.165) is 25.9 Å². The summed E-state index contributed by atoms with van der Waals surface area (Å²) in [5, 5.41) is 9.22. The number of methoxy groups -OCH3 is 1. The quantitative estimate of drug-likeness (QED) is 0.634. The maximum atomic E-state index is 9.22. The molecule has 0 saturated carbocycles. The van der Waals surface area contributed by atoms with Crippen molar-refractivity contribution in [1.82, 2.24) is 4.90 Å². The van der Waals surface area contributed by atoms with E-state index in [-0.39, 0.29) is 6.23 Å². The maximum absolute atomic E-state index is 9.22. The second-order valence-electron chi connectivity index (χ2n) is 3.10. The van der Waals surface area contributed by atoms with Gasteiger partial charge in [0.15, 0.2) is 0 Å². The molecule has 1 atom stereocenters. The Labute approximate surface area is 68.0 Å². The summed E-state index contributed by atoms with van der Waals surface area (Å²) in [7, 11) is 1.75. The standard InChI is InChI=1S/C8H17NO2/c1-7(10)9-5-3-8(11-2)4-6-9/h7-8,10H,3-6H2,1-2H3. The fraction of sp³-hybridized carbons (Fsp3) is 1.00. The van der Waals surface area contributed by atoms with Gasteiger partial charge in [0, 0.05) is 20.2 Å². The fourth-order valence-corrected chi connectivity index (χ4v) is 1.49. The molecule has 1 fully saturated rings. The van der Waals surface area contributed by atoms with Crippen LogP contribution in [0.15, 0.2) is 0 Å². The molecule has 0 aromatic carbocycles. The molecule has 0 amide bonds. The third kappa shape index (κ3) is 2.43. The Morgan fingerprint density at radius 3 is 2.36 bits per heavy atom. The molecule has 0 aromatic rings. The first-order valence-corrected chi connectivity index (χ1v) is 4.19. The molecule has 1 aliphatic rings. The highest BCUT2D eigenvalue weighted by Crippen LogP contribution is 2.13. The van der Waals surface area contributed by atoms with Crippen LogP contribution in [-0.2, 0) is 4.74 Å². The first-order chi connectivity index (χ1) is 5.24. The van der Waals surface area contributed by atoms with Gasteiger partial charge in [-0.3, -0.25) is 4.90 Å². The van der Waals surface area contributed by atoms with Crippen molar-refractivity contribution >= 4 is 0 Å². The minimum Gasteiger partial charge on any atom is -0.381 e. The molecule has 1 saturated heterocycles. The van der Waals surface area contributed by atoms with Crippen LogP contribution in [0.2, 0.25) is 0 Å². The molecule has 11 heavy (non-hydrogen) atoms. The third-order valence-corrected chi connectivity index (χ3v) is 2.34. The number of aliphatic hydroxyl groups excluding tert-OH is 1. The maximum Gasteiger partial charge on any atom is 0.104 e. The topological polar surface area (TPSA) is 32.7 Å². The summed E-state index contributed by atoms with van der Waals surface area (Å²) in [6.45, 7) is 3.72. The molecule has 1 aliphatic heterocycles. The Kier molecular flexibility index (Phi) is 3.30. The lowest BCUT2D eigenvalue weighted by Gasteiger charge is -2.32. The highest BCUT2D eigenvalue weighted by atomic mass is 16.5. The summed E-state index contributed by atoms with van der Waals surface area (Å²) in [5.41, 5.74) is 0. The summed E-state index contributed by atoms with van der Waals surface area (Å²) in [4.78, 5) is 2.06. The second-order valence-corrected chi connectivity index (χ2v) is 3.10. The SMILES string of the molecule is COC1CCN(C(C)O)CC1. The Bertz CT molecular complexity index is 109. The fourth-order valence-electron chi connectivity index (χ4n) is 1.49. The van der Waals surface area contributed by atoms with Gasteiger partial charge in [0.25, 0.3) is 0 Å². The molecule has 1 N–H and O–H groups in total. The van der Waals surface area contributed by atoms with E-state index in [1.165, 1.54) is 0 Å². The van der Waals surface area contributed by atoms with E-state index >= 15 is 0 Å². The van der Waals surface area contributed by atoms with Gasteiger partial charge in [-0.1, -0.05) is 0 Å². The lowest BCUT2D eigenvalue weighted by molar-refractivity contribution is -0.0321. The van der Waals surface area contributed by atoms with Crippen molar-refractivity contribution in [3.05, 3.63) is 0 Å². The molecule has 66 valence electrons. The summed E-state index contributed by atoms with van der Waals surface area (Å²) < 4.78 is 5.21. The minimum atomic E-state index is -0.298. The lowest BCUT2D eigenvalue weighted by Crippen LogP contribution is -2.41.